The average molecular weight is 329 g/mol. The van der Waals surface area contributed by atoms with E-state index in [2.05, 4.69) is 5.10 Å². The van der Waals surface area contributed by atoms with Crippen LogP contribution in [0.5, 0.6) is 0 Å². The number of nitrogens with zero attached hydrogens (tertiary/aromatic N) is 2. The Morgan fingerprint density at radius 3 is 2.43 bits per heavy atom. The minimum Gasteiger partial charge on any atom is -0.442 e. The molecule has 0 saturated carbocycles. The topological polar surface area (TPSA) is 73.2 Å². The van der Waals surface area contributed by atoms with Crippen LogP contribution in [0.2, 0.25) is 0 Å². The average Bonchev–Trinajstić information content (AvgIpc) is 2.78. The van der Waals surface area contributed by atoms with Gasteiger partial charge in [0.1, 0.15) is 5.60 Å². The molecule has 1 amide bonds. The molecule has 1 heterocycles. The highest BCUT2D eigenvalue weighted by atomic mass is 19.4. The molecule has 0 spiro atoms. The minimum atomic E-state index is -4.98. The molecule has 1 aromatic carbocycles. The maximum absolute atomic E-state index is 12.2. The number of alkyl halides is 3. The fourth-order valence-electron chi connectivity index (χ4n) is 1.76. The lowest BCUT2D eigenvalue weighted by molar-refractivity contribution is -0.167. The number of hydrogen-bond acceptors (Lipinski definition) is 4. The molecule has 2 aromatic rings. The van der Waals surface area contributed by atoms with Crippen LogP contribution in [0.1, 0.15) is 20.8 Å². The van der Waals surface area contributed by atoms with E-state index in [9.17, 15) is 22.8 Å². The van der Waals surface area contributed by atoms with Crippen LogP contribution in [0, 0.1) is 0 Å². The minimum absolute atomic E-state index is 0.0523. The third-order valence-corrected chi connectivity index (χ3v) is 2.65. The van der Waals surface area contributed by atoms with Gasteiger partial charge in [0.15, 0.2) is 0 Å². The van der Waals surface area contributed by atoms with Crippen LogP contribution in [-0.4, -0.2) is 33.6 Å². The fraction of sp³-hybridized carbons (Fsp3) is 0.357. The summed E-state index contributed by atoms with van der Waals surface area (Å²) in [4.78, 5) is 22.9. The summed E-state index contributed by atoms with van der Waals surface area (Å²) in [5.41, 5.74) is -0.413. The van der Waals surface area contributed by atoms with Crippen molar-refractivity contribution >= 4 is 28.6 Å². The summed E-state index contributed by atoms with van der Waals surface area (Å²) in [6, 6.07) is 3.90. The van der Waals surface area contributed by atoms with Gasteiger partial charge in [0.2, 0.25) is 0 Å². The van der Waals surface area contributed by atoms with Crippen LogP contribution in [0.15, 0.2) is 24.4 Å². The molecular formula is C14H14F3N3O3. The number of fused-ring (bicyclic) bond motifs is 1. The van der Waals surface area contributed by atoms with Crippen molar-refractivity contribution in [3.8, 4) is 0 Å². The molecule has 9 heteroatoms. The molecule has 0 bridgehead atoms. The zero-order chi connectivity index (χ0) is 17.4. The second-order valence-electron chi connectivity index (χ2n) is 5.76. The van der Waals surface area contributed by atoms with Gasteiger partial charge in [-0.05, 0) is 39.0 Å². The molecular weight excluding hydrogens is 315 g/mol. The van der Waals surface area contributed by atoms with Crippen molar-refractivity contribution in [2.75, 3.05) is 5.32 Å². The van der Waals surface area contributed by atoms with E-state index in [0.717, 1.165) is 4.68 Å². The summed E-state index contributed by atoms with van der Waals surface area (Å²) in [6.45, 7) is 5.09. The Morgan fingerprint density at radius 2 is 1.87 bits per heavy atom. The van der Waals surface area contributed by atoms with Gasteiger partial charge < -0.3 is 10.1 Å². The number of halogens is 3. The van der Waals surface area contributed by atoms with E-state index in [1.165, 1.54) is 24.4 Å². The van der Waals surface area contributed by atoms with Crippen LogP contribution in [-0.2, 0) is 9.53 Å². The highest BCUT2D eigenvalue weighted by molar-refractivity contribution is 5.97. The van der Waals surface area contributed by atoms with E-state index in [-0.39, 0.29) is 5.69 Å². The van der Waals surface area contributed by atoms with Gasteiger partial charge >= 0.3 is 18.2 Å². The van der Waals surface area contributed by atoms with E-state index in [1.807, 2.05) is 0 Å². The van der Waals surface area contributed by atoms with Crippen LogP contribution < -0.4 is 5.32 Å². The first kappa shape index (κ1) is 16.8. The summed E-state index contributed by atoms with van der Waals surface area (Å²) in [5, 5.41) is 5.97. The van der Waals surface area contributed by atoms with Gasteiger partial charge in [0.25, 0.3) is 0 Å². The van der Waals surface area contributed by atoms with Crippen LogP contribution in [0.3, 0.4) is 0 Å². The van der Waals surface area contributed by atoms with Crippen molar-refractivity contribution in [1.82, 2.24) is 9.78 Å². The smallest absolute Gasteiger partial charge is 0.442 e. The summed E-state index contributed by atoms with van der Waals surface area (Å²) < 4.78 is 42.8. The summed E-state index contributed by atoms with van der Waals surface area (Å²) >= 11 is 0. The van der Waals surface area contributed by atoms with Crippen LogP contribution in [0.25, 0.3) is 10.9 Å². The predicted octanol–water partition coefficient (Wildman–Crippen LogP) is 3.32. The standard InChI is InChI=1S/C14H14F3N3O3/c1-13(2,3)23-12(22)20-10-5-4-9(6-8(10)7-18-20)19-11(21)14(15,16)17/h4-7H,1-3H3,(H,19,21). The Hall–Kier alpha value is -2.58. The van der Waals surface area contributed by atoms with E-state index in [1.54, 1.807) is 26.1 Å². The molecule has 1 aromatic heterocycles. The largest absolute Gasteiger partial charge is 0.471 e. The first-order valence-electron chi connectivity index (χ1n) is 6.57. The number of benzene rings is 1. The molecule has 23 heavy (non-hydrogen) atoms. The molecule has 0 unspecified atom stereocenters. The zero-order valence-corrected chi connectivity index (χ0v) is 12.6. The predicted molar refractivity (Wildman–Crippen MR) is 76.0 cm³/mol. The third kappa shape index (κ3) is 3.99. The summed E-state index contributed by atoms with van der Waals surface area (Å²) in [7, 11) is 0. The number of rotatable bonds is 1. The van der Waals surface area contributed by atoms with Gasteiger partial charge in [-0.15, -0.1) is 0 Å². The molecule has 0 aliphatic carbocycles. The van der Waals surface area contributed by atoms with Crippen LogP contribution >= 0.6 is 0 Å². The zero-order valence-electron chi connectivity index (χ0n) is 12.6. The third-order valence-electron chi connectivity index (χ3n) is 2.65. The maximum atomic E-state index is 12.2. The number of carbonyl (C=O) groups excluding carboxylic acids is 2. The number of ether oxygens (including phenoxy) is 1. The van der Waals surface area contributed by atoms with Gasteiger partial charge in [-0.3, -0.25) is 4.79 Å². The molecule has 2 rings (SSSR count). The van der Waals surface area contributed by atoms with Crippen molar-refractivity contribution in [1.29, 1.82) is 0 Å². The number of carbonyl (C=O) groups is 2. The van der Waals surface area contributed by atoms with Crippen molar-refractivity contribution in [2.24, 2.45) is 0 Å². The lowest BCUT2D eigenvalue weighted by atomic mass is 10.2. The van der Waals surface area contributed by atoms with E-state index < -0.39 is 23.8 Å². The summed E-state index contributed by atoms with van der Waals surface area (Å²) in [5.74, 6) is -2.07. The Bertz CT molecular complexity index is 760. The molecule has 0 radical (unpaired) electrons. The lowest BCUT2D eigenvalue weighted by Gasteiger charge is -2.19. The number of nitrogens with one attached hydrogen (secondary N) is 1. The fourth-order valence-corrected chi connectivity index (χ4v) is 1.76. The van der Waals surface area contributed by atoms with Gasteiger partial charge in [0.05, 0.1) is 11.7 Å². The van der Waals surface area contributed by atoms with Gasteiger partial charge in [-0.2, -0.15) is 23.0 Å². The van der Waals surface area contributed by atoms with E-state index in [4.69, 9.17) is 4.74 Å². The number of anilines is 1. The SMILES string of the molecule is CC(C)(C)OC(=O)n1ncc2cc(NC(=O)C(F)(F)F)ccc21. The summed E-state index contributed by atoms with van der Waals surface area (Å²) in [6.07, 6.45) is -4.39. The first-order valence-corrected chi connectivity index (χ1v) is 6.57. The molecule has 0 saturated heterocycles. The highest BCUT2D eigenvalue weighted by Gasteiger charge is 2.38. The number of aromatic nitrogens is 2. The molecule has 0 atom stereocenters. The van der Waals surface area contributed by atoms with Crippen LogP contribution in [0.4, 0.5) is 23.7 Å². The number of amides is 1. The van der Waals surface area contributed by atoms with Crippen molar-refractivity contribution in [3.63, 3.8) is 0 Å². The molecule has 0 aliphatic heterocycles. The number of hydrogen-bond donors (Lipinski definition) is 1. The quantitative estimate of drug-likeness (QED) is 0.871. The van der Waals surface area contributed by atoms with E-state index in [0.29, 0.717) is 10.9 Å². The van der Waals surface area contributed by atoms with Crippen molar-refractivity contribution in [3.05, 3.63) is 24.4 Å². The Kier molecular flexibility index (Phi) is 4.06. The Morgan fingerprint density at radius 1 is 1.22 bits per heavy atom. The molecule has 6 nitrogen and oxygen atoms in total. The maximum Gasteiger partial charge on any atom is 0.471 e. The second-order valence-corrected chi connectivity index (χ2v) is 5.76. The Balaban J connectivity index is 2.27. The second kappa shape index (κ2) is 5.56. The molecule has 1 N–H and O–H groups in total. The molecule has 0 fully saturated rings. The molecule has 0 aliphatic rings. The highest BCUT2D eigenvalue weighted by Crippen LogP contribution is 2.23. The van der Waals surface area contributed by atoms with Gasteiger partial charge in [0, 0.05) is 11.1 Å². The first-order chi connectivity index (χ1) is 10.5. The van der Waals surface area contributed by atoms with Crippen molar-refractivity contribution < 1.29 is 27.5 Å². The van der Waals surface area contributed by atoms with E-state index >= 15 is 0 Å². The monoisotopic (exact) mass is 329 g/mol. The van der Waals surface area contributed by atoms with Gasteiger partial charge in [-0.1, -0.05) is 0 Å². The van der Waals surface area contributed by atoms with Crippen molar-refractivity contribution in [2.45, 2.75) is 32.5 Å². The Labute approximate surface area is 129 Å². The lowest BCUT2D eigenvalue weighted by Crippen LogP contribution is -2.29. The molecule has 124 valence electrons. The van der Waals surface area contributed by atoms with Gasteiger partial charge in [-0.25, -0.2) is 4.79 Å². The normalized spacial score (nSPS) is 12.3.